The van der Waals surface area contributed by atoms with Crippen molar-refractivity contribution in [2.45, 2.75) is 19.4 Å². The van der Waals surface area contributed by atoms with Crippen molar-refractivity contribution in [3.63, 3.8) is 0 Å². The average Bonchev–Trinajstić information content (AvgIpc) is 2.59. The van der Waals surface area contributed by atoms with Gasteiger partial charge in [-0.05, 0) is 34.5 Å². The van der Waals surface area contributed by atoms with Crippen molar-refractivity contribution in [2.75, 3.05) is 0 Å². The molecule has 1 N–H and O–H groups in total. The second-order valence-corrected chi connectivity index (χ2v) is 5.50. The van der Waals surface area contributed by atoms with Gasteiger partial charge in [-0.1, -0.05) is 23.7 Å². The fourth-order valence-electron chi connectivity index (χ4n) is 2.04. The van der Waals surface area contributed by atoms with E-state index in [2.05, 4.69) is 21.0 Å². The quantitative estimate of drug-likeness (QED) is 0.922. The largest absolute Gasteiger partial charge is 0.388 e. The molecule has 19 heavy (non-hydrogen) atoms. The van der Waals surface area contributed by atoms with Crippen molar-refractivity contribution in [2.24, 2.45) is 7.05 Å². The zero-order valence-electron chi connectivity index (χ0n) is 10.5. The Kier molecular flexibility index (Phi) is 4.28. The first-order valence-electron chi connectivity index (χ1n) is 5.71. The van der Waals surface area contributed by atoms with E-state index >= 15 is 0 Å². The van der Waals surface area contributed by atoms with Crippen molar-refractivity contribution in [3.8, 4) is 0 Å². The van der Waals surface area contributed by atoms with Gasteiger partial charge in [-0.15, -0.1) is 0 Å². The van der Waals surface area contributed by atoms with Crippen molar-refractivity contribution in [1.29, 1.82) is 0 Å². The topological polar surface area (TPSA) is 38.0 Å². The van der Waals surface area contributed by atoms with Crippen LogP contribution in [0.15, 0.2) is 22.7 Å². The Labute approximate surface area is 124 Å². The fourth-order valence-corrected chi connectivity index (χ4v) is 2.77. The predicted octanol–water partition coefficient (Wildman–Crippen LogP) is 3.56. The summed E-state index contributed by atoms with van der Waals surface area (Å²) < 4.78 is 15.3. The maximum atomic E-state index is 13.4. The highest BCUT2D eigenvalue weighted by atomic mass is 79.9. The first-order valence-corrected chi connectivity index (χ1v) is 6.89. The highest BCUT2D eigenvalue weighted by molar-refractivity contribution is 9.10. The molecular weight excluding hydrogens is 335 g/mol. The minimum absolute atomic E-state index is 0.268. The molecule has 1 unspecified atom stereocenters. The summed E-state index contributed by atoms with van der Waals surface area (Å²) in [6.07, 6.45) is -0.552. The summed E-state index contributed by atoms with van der Waals surface area (Å²) in [6.45, 7) is 1.78. The third kappa shape index (κ3) is 2.83. The lowest BCUT2D eigenvalue weighted by Gasteiger charge is -2.12. The lowest BCUT2D eigenvalue weighted by Crippen LogP contribution is -2.04. The lowest BCUT2D eigenvalue weighted by molar-refractivity contribution is 0.177. The molecule has 2 aromatic rings. The van der Waals surface area contributed by atoms with Crippen LogP contribution in [-0.4, -0.2) is 14.9 Å². The van der Waals surface area contributed by atoms with Crippen LogP contribution in [0.5, 0.6) is 0 Å². The molecule has 1 aromatic carbocycles. The Balaban J connectivity index is 2.31. The molecule has 3 nitrogen and oxygen atoms in total. The maximum absolute atomic E-state index is 13.4. The van der Waals surface area contributed by atoms with Crippen LogP contribution in [0.4, 0.5) is 4.39 Å². The Bertz CT molecular complexity index is 615. The average molecular weight is 348 g/mol. The Morgan fingerprint density at radius 1 is 1.53 bits per heavy atom. The molecule has 1 atom stereocenters. The maximum Gasteiger partial charge on any atom is 0.137 e. The number of aliphatic hydroxyl groups is 1. The van der Waals surface area contributed by atoms with E-state index in [0.717, 1.165) is 0 Å². The summed E-state index contributed by atoms with van der Waals surface area (Å²) in [6, 6.07) is 4.73. The number of benzene rings is 1. The second-order valence-electron chi connectivity index (χ2n) is 4.35. The van der Waals surface area contributed by atoms with Crippen LogP contribution >= 0.6 is 27.5 Å². The van der Waals surface area contributed by atoms with Gasteiger partial charge in [0, 0.05) is 19.0 Å². The molecular formula is C13H13BrClFN2O. The van der Waals surface area contributed by atoms with Gasteiger partial charge in [-0.25, -0.2) is 4.39 Å². The van der Waals surface area contributed by atoms with Crippen LogP contribution in [-0.2, 0) is 13.5 Å². The summed E-state index contributed by atoms with van der Waals surface area (Å²) in [4.78, 5) is 0. The van der Waals surface area contributed by atoms with E-state index in [4.69, 9.17) is 11.6 Å². The molecule has 0 fully saturated rings. The molecule has 6 heteroatoms. The molecule has 1 heterocycles. The molecule has 0 aliphatic carbocycles. The zero-order valence-corrected chi connectivity index (χ0v) is 12.8. The van der Waals surface area contributed by atoms with Gasteiger partial charge >= 0.3 is 0 Å². The first-order chi connectivity index (χ1) is 8.91. The number of aromatic nitrogens is 2. The van der Waals surface area contributed by atoms with Crippen molar-refractivity contribution < 1.29 is 9.50 Å². The van der Waals surface area contributed by atoms with Crippen LogP contribution in [0, 0.1) is 12.7 Å². The predicted molar refractivity (Wildman–Crippen MR) is 75.7 cm³/mol. The minimum atomic E-state index is -0.820. The van der Waals surface area contributed by atoms with E-state index in [9.17, 15) is 9.50 Å². The van der Waals surface area contributed by atoms with Crippen molar-refractivity contribution in [1.82, 2.24) is 9.78 Å². The van der Waals surface area contributed by atoms with Gasteiger partial charge in [0.1, 0.15) is 11.0 Å². The molecule has 0 amide bonds. The summed E-state index contributed by atoms with van der Waals surface area (Å²) >= 11 is 9.28. The van der Waals surface area contributed by atoms with Gasteiger partial charge in [0.25, 0.3) is 0 Å². The summed E-state index contributed by atoms with van der Waals surface area (Å²) in [5.41, 5.74) is 1.94. The van der Waals surface area contributed by atoms with Crippen LogP contribution in [0.3, 0.4) is 0 Å². The van der Waals surface area contributed by atoms with Crippen molar-refractivity contribution >= 4 is 27.5 Å². The highest BCUT2D eigenvalue weighted by Crippen LogP contribution is 2.30. The van der Waals surface area contributed by atoms with Crippen LogP contribution in [0.2, 0.25) is 5.15 Å². The van der Waals surface area contributed by atoms with Crippen LogP contribution in [0.25, 0.3) is 0 Å². The van der Waals surface area contributed by atoms with E-state index in [0.29, 0.717) is 26.4 Å². The molecule has 0 saturated heterocycles. The number of aryl methyl sites for hydroxylation is 2. The van der Waals surface area contributed by atoms with Gasteiger partial charge in [0.15, 0.2) is 0 Å². The molecule has 0 bridgehead atoms. The summed E-state index contributed by atoms with van der Waals surface area (Å²) in [5, 5.41) is 14.8. The Morgan fingerprint density at radius 3 is 2.79 bits per heavy atom. The van der Waals surface area contributed by atoms with Crippen LogP contribution in [0.1, 0.15) is 22.9 Å². The number of hydrogen-bond donors (Lipinski definition) is 1. The van der Waals surface area contributed by atoms with E-state index in [-0.39, 0.29) is 12.2 Å². The first kappa shape index (κ1) is 14.5. The smallest absolute Gasteiger partial charge is 0.137 e. The van der Waals surface area contributed by atoms with Gasteiger partial charge in [-0.3, -0.25) is 4.68 Å². The monoisotopic (exact) mass is 346 g/mol. The number of halogens is 3. The van der Waals surface area contributed by atoms with E-state index in [1.807, 2.05) is 0 Å². The zero-order chi connectivity index (χ0) is 14.2. The summed E-state index contributed by atoms with van der Waals surface area (Å²) in [5.74, 6) is -0.348. The second kappa shape index (κ2) is 5.61. The normalized spacial score (nSPS) is 12.7. The Morgan fingerprint density at radius 2 is 2.21 bits per heavy atom. The van der Waals surface area contributed by atoms with Crippen molar-refractivity contribution in [3.05, 3.63) is 50.5 Å². The molecule has 0 spiro atoms. The summed E-state index contributed by atoms with van der Waals surface area (Å²) in [7, 11) is 1.71. The van der Waals surface area contributed by atoms with Gasteiger partial charge in [0.2, 0.25) is 0 Å². The molecule has 0 aliphatic rings. The van der Waals surface area contributed by atoms with E-state index in [1.165, 1.54) is 10.7 Å². The number of rotatable bonds is 3. The van der Waals surface area contributed by atoms with Gasteiger partial charge in [-0.2, -0.15) is 5.10 Å². The van der Waals surface area contributed by atoms with Gasteiger partial charge < -0.3 is 5.11 Å². The number of nitrogens with zero attached hydrogens (tertiary/aromatic N) is 2. The number of hydrogen-bond acceptors (Lipinski definition) is 2. The fraction of sp³-hybridized carbons (Fsp3) is 0.308. The van der Waals surface area contributed by atoms with E-state index in [1.54, 1.807) is 26.1 Å². The standard InChI is InChI=1S/C13H13BrClFN2O/c1-7-11(13(15)18(2)17-7)10(19)6-8-4-3-5-9(16)12(8)14/h3-5,10,19H,6H2,1-2H3. The third-order valence-corrected chi connectivity index (χ3v) is 4.31. The minimum Gasteiger partial charge on any atom is -0.388 e. The third-order valence-electron chi connectivity index (χ3n) is 2.97. The molecule has 0 radical (unpaired) electrons. The lowest BCUT2D eigenvalue weighted by atomic mass is 10.0. The van der Waals surface area contributed by atoms with Crippen LogP contribution < -0.4 is 0 Å². The molecule has 2 rings (SSSR count). The molecule has 1 aromatic heterocycles. The molecule has 102 valence electrons. The Hall–Kier alpha value is -0.910. The number of aliphatic hydroxyl groups excluding tert-OH is 1. The SMILES string of the molecule is Cc1nn(C)c(Cl)c1C(O)Cc1cccc(F)c1Br. The molecule has 0 saturated carbocycles. The van der Waals surface area contributed by atoms with E-state index < -0.39 is 6.10 Å². The van der Waals surface area contributed by atoms with Gasteiger partial charge in [0.05, 0.1) is 16.3 Å². The highest BCUT2D eigenvalue weighted by Gasteiger charge is 2.21. The molecule has 0 aliphatic heterocycles.